The van der Waals surface area contributed by atoms with E-state index >= 15 is 0 Å². The second-order valence-electron chi connectivity index (χ2n) is 13.1. The van der Waals surface area contributed by atoms with Crippen LogP contribution < -0.4 is 0 Å². The molecule has 5 heteroatoms. The molecule has 0 saturated heterocycles. The van der Waals surface area contributed by atoms with E-state index in [0.717, 1.165) is 94.3 Å². The van der Waals surface area contributed by atoms with Crippen LogP contribution >= 0.6 is 0 Å². The minimum Gasteiger partial charge on any atom is -0.455 e. The zero-order valence-corrected chi connectivity index (χ0v) is 28.5. The second-order valence-corrected chi connectivity index (χ2v) is 13.1. The highest BCUT2D eigenvalue weighted by molar-refractivity contribution is 6.09. The first-order valence-corrected chi connectivity index (χ1v) is 17.6. The van der Waals surface area contributed by atoms with E-state index in [-0.39, 0.29) is 0 Å². The van der Waals surface area contributed by atoms with E-state index in [4.69, 9.17) is 19.4 Å². The third-order valence-corrected chi connectivity index (χ3v) is 9.84. The van der Waals surface area contributed by atoms with Gasteiger partial charge in [0.15, 0.2) is 5.82 Å². The number of pyridine rings is 2. The molecule has 0 fully saturated rings. The number of hydrogen-bond donors (Lipinski definition) is 0. The van der Waals surface area contributed by atoms with Crippen LogP contribution in [0.5, 0.6) is 0 Å². The normalized spacial score (nSPS) is 11.4. The van der Waals surface area contributed by atoms with Gasteiger partial charge in [-0.15, -0.1) is 0 Å². The first-order valence-electron chi connectivity index (χ1n) is 17.6. The van der Waals surface area contributed by atoms with Gasteiger partial charge in [-0.25, -0.2) is 9.97 Å². The lowest BCUT2D eigenvalue weighted by atomic mass is 9.92. The molecule has 0 aliphatic rings. The Morgan fingerprint density at radius 3 is 1.92 bits per heavy atom. The van der Waals surface area contributed by atoms with Crippen molar-refractivity contribution in [1.82, 2.24) is 19.9 Å². The average molecular weight is 679 g/mol. The molecule has 4 aromatic heterocycles. The first-order chi connectivity index (χ1) is 26.2. The maximum atomic E-state index is 6.49. The standard InChI is InChI=1S/C48H30N4O/c1-2-9-35(10-3-1)48-51-43(30-44(52-48)42-16-7-15-41-40-13-4-5-17-45(40)53-47(41)42)38-28-36(32-20-18-31(19-21-32)33-22-25-49-26-23-33)27-37(29-38)39-14-6-11-34-12-8-24-50-46(34)39/h1-30H. The summed E-state index contributed by atoms with van der Waals surface area (Å²) in [5.74, 6) is 0.645. The van der Waals surface area contributed by atoms with Crippen LogP contribution in [0.3, 0.4) is 0 Å². The minimum absolute atomic E-state index is 0.645. The molecular weight excluding hydrogens is 649 g/mol. The number of aromatic nitrogens is 4. The van der Waals surface area contributed by atoms with Gasteiger partial charge in [0.25, 0.3) is 0 Å². The van der Waals surface area contributed by atoms with Crippen molar-refractivity contribution >= 4 is 32.8 Å². The van der Waals surface area contributed by atoms with Gasteiger partial charge >= 0.3 is 0 Å². The van der Waals surface area contributed by atoms with E-state index in [1.165, 1.54) is 0 Å². The third kappa shape index (κ3) is 5.61. The van der Waals surface area contributed by atoms with Crippen molar-refractivity contribution in [3.63, 3.8) is 0 Å². The molecule has 248 valence electrons. The van der Waals surface area contributed by atoms with Crippen LogP contribution in [0.4, 0.5) is 0 Å². The van der Waals surface area contributed by atoms with Gasteiger partial charge in [0.2, 0.25) is 0 Å². The Morgan fingerprint density at radius 1 is 0.396 bits per heavy atom. The molecule has 0 spiro atoms. The van der Waals surface area contributed by atoms with E-state index in [2.05, 4.69) is 114 Å². The lowest BCUT2D eigenvalue weighted by Crippen LogP contribution is -1.97. The monoisotopic (exact) mass is 678 g/mol. The molecule has 0 aliphatic heterocycles. The number of hydrogen-bond acceptors (Lipinski definition) is 5. The van der Waals surface area contributed by atoms with Crippen molar-refractivity contribution in [1.29, 1.82) is 0 Å². The number of fused-ring (bicyclic) bond motifs is 4. The maximum absolute atomic E-state index is 6.49. The van der Waals surface area contributed by atoms with Crippen LogP contribution in [-0.2, 0) is 0 Å². The lowest BCUT2D eigenvalue weighted by Gasteiger charge is -2.14. The molecule has 10 rings (SSSR count). The quantitative estimate of drug-likeness (QED) is 0.175. The van der Waals surface area contributed by atoms with E-state index in [9.17, 15) is 0 Å². The number of furan rings is 1. The Labute approximate surface area is 305 Å². The van der Waals surface area contributed by atoms with Crippen molar-refractivity contribution in [2.24, 2.45) is 0 Å². The maximum Gasteiger partial charge on any atom is 0.160 e. The highest BCUT2D eigenvalue weighted by Crippen LogP contribution is 2.39. The molecule has 0 saturated carbocycles. The summed E-state index contributed by atoms with van der Waals surface area (Å²) in [6.07, 6.45) is 5.51. The van der Waals surface area contributed by atoms with Crippen molar-refractivity contribution in [3.05, 3.63) is 182 Å². The molecule has 0 radical (unpaired) electrons. The topological polar surface area (TPSA) is 64.7 Å². The second kappa shape index (κ2) is 12.8. The van der Waals surface area contributed by atoms with Crippen molar-refractivity contribution in [2.75, 3.05) is 0 Å². The minimum atomic E-state index is 0.645. The van der Waals surface area contributed by atoms with Crippen LogP contribution in [0.2, 0.25) is 0 Å². The fourth-order valence-electron chi connectivity index (χ4n) is 7.23. The first kappa shape index (κ1) is 30.6. The van der Waals surface area contributed by atoms with Crippen LogP contribution in [0.25, 0.3) is 100 Å². The van der Waals surface area contributed by atoms with Crippen molar-refractivity contribution < 1.29 is 4.42 Å². The number of benzene rings is 6. The summed E-state index contributed by atoms with van der Waals surface area (Å²) < 4.78 is 6.49. The highest BCUT2D eigenvalue weighted by Gasteiger charge is 2.18. The molecule has 0 aliphatic carbocycles. The number of nitrogens with zero attached hydrogens (tertiary/aromatic N) is 4. The highest BCUT2D eigenvalue weighted by atomic mass is 16.3. The molecule has 0 amide bonds. The van der Waals surface area contributed by atoms with Gasteiger partial charge in [-0.3, -0.25) is 9.97 Å². The Morgan fingerprint density at radius 2 is 1.06 bits per heavy atom. The molecule has 0 N–H and O–H groups in total. The Kier molecular flexibility index (Phi) is 7.40. The van der Waals surface area contributed by atoms with Gasteiger partial charge in [-0.05, 0) is 82.4 Å². The van der Waals surface area contributed by atoms with E-state index in [1.807, 2.05) is 73.2 Å². The van der Waals surface area contributed by atoms with Crippen LogP contribution in [-0.4, -0.2) is 19.9 Å². The summed E-state index contributed by atoms with van der Waals surface area (Å²) in [6, 6.07) is 56.6. The molecule has 5 nitrogen and oxygen atoms in total. The van der Waals surface area contributed by atoms with Gasteiger partial charge in [0.1, 0.15) is 11.2 Å². The average Bonchev–Trinajstić information content (AvgIpc) is 3.63. The SMILES string of the molecule is c1ccc(-c2nc(-c3cc(-c4ccc(-c5ccncc5)cc4)cc(-c4cccc5cccnc45)c3)cc(-c3cccc4c3oc3ccccc34)n2)cc1. The fraction of sp³-hybridized carbons (Fsp3) is 0. The van der Waals surface area contributed by atoms with E-state index in [0.29, 0.717) is 5.82 Å². The van der Waals surface area contributed by atoms with Crippen LogP contribution in [0.1, 0.15) is 0 Å². The Balaban J connectivity index is 1.20. The molecule has 0 unspecified atom stereocenters. The number of rotatable bonds is 6. The van der Waals surface area contributed by atoms with Crippen LogP contribution in [0, 0.1) is 0 Å². The van der Waals surface area contributed by atoms with Crippen molar-refractivity contribution in [2.45, 2.75) is 0 Å². The van der Waals surface area contributed by atoms with Gasteiger partial charge in [0.05, 0.1) is 16.9 Å². The molecule has 4 heterocycles. The zero-order chi connectivity index (χ0) is 35.1. The van der Waals surface area contributed by atoms with Crippen LogP contribution in [0.15, 0.2) is 187 Å². The van der Waals surface area contributed by atoms with Gasteiger partial charge < -0.3 is 4.42 Å². The summed E-state index contributed by atoms with van der Waals surface area (Å²) in [5.41, 5.74) is 13.6. The molecular formula is C48H30N4O. The zero-order valence-electron chi connectivity index (χ0n) is 28.5. The van der Waals surface area contributed by atoms with E-state index in [1.54, 1.807) is 0 Å². The summed E-state index contributed by atoms with van der Waals surface area (Å²) in [6.45, 7) is 0. The summed E-state index contributed by atoms with van der Waals surface area (Å²) in [7, 11) is 0. The molecule has 0 bridgehead atoms. The van der Waals surface area contributed by atoms with Gasteiger partial charge in [0, 0.05) is 57.0 Å². The van der Waals surface area contributed by atoms with E-state index < -0.39 is 0 Å². The molecule has 10 aromatic rings. The fourth-order valence-corrected chi connectivity index (χ4v) is 7.23. The lowest BCUT2D eigenvalue weighted by molar-refractivity contribution is 0.670. The van der Waals surface area contributed by atoms with Gasteiger partial charge in [-0.2, -0.15) is 0 Å². The molecule has 6 aromatic carbocycles. The summed E-state index contributed by atoms with van der Waals surface area (Å²) in [5, 5.41) is 3.23. The smallest absolute Gasteiger partial charge is 0.160 e. The van der Waals surface area contributed by atoms with Gasteiger partial charge in [-0.1, -0.05) is 109 Å². The molecule has 53 heavy (non-hydrogen) atoms. The molecule has 0 atom stereocenters. The number of para-hydroxylation sites is 3. The predicted octanol–water partition coefficient (Wildman–Crippen LogP) is 12.3. The largest absolute Gasteiger partial charge is 0.455 e. The predicted molar refractivity (Wildman–Crippen MR) is 215 cm³/mol. The third-order valence-electron chi connectivity index (χ3n) is 9.84. The summed E-state index contributed by atoms with van der Waals surface area (Å²) in [4.78, 5) is 19.4. The summed E-state index contributed by atoms with van der Waals surface area (Å²) >= 11 is 0. The van der Waals surface area contributed by atoms with Crippen molar-refractivity contribution in [3.8, 4) is 67.3 Å². The Hall–Kier alpha value is -7.24. The Bertz CT molecular complexity index is 2930.